The Balaban J connectivity index is 1.31. The number of aliphatic hydroxyl groups excluding tert-OH is 2. The summed E-state index contributed by atoms with van der Waals surface area (Å²) in [6.45, 7) is 9.77. The number of fused-ring (bicyclic) bond motifs is 1. The summed E-state index contributed by atoms with van der Waals surface area (Å²) < 4.78 is 12.5. The molecule has 0 saturated carbocycles. The minimum Gasteiger partial charge on any atom is -0.494 e. The number of carbonyl (C=O) groups is 2. The second-order valence-electron chi connectivity index (χ2n) is 14.7. The fourth-order valence-corrected chi connectivity index (χ4v) is 10.6. The van der Waals surface area contributed by atoms with Gasteiger partial charge in [0.05, 0.1) is 43.6 Å². The third kappa shape index (κ3) is 9.88. The molecule has 0 aromatic heterocycles. The van der Waals surface area contributed by atoms with E-state index in [1.54, 1.807) is 4.90 Å². The highest BCUT2D eigenvalue weighted by Gasteiger charge is 2.50. The van der Waals surface area contributed by atoms with Gasteiger partial charge < -0.3 is 34.7 Å². The predicted molar refractivity (Wildman–Crippen MR) is 206 cm³/mol. The maximum Gasteiger partial charge on any atom is 0.249 e. The molecule has 3 aromatic rings. The maximum atomic E-state index is 14.0. The van der Waals surface area contributed by atoms with E-state index in [0.717, 1.165) is 40.2 Å². The molecule has 11 heteroatoms. The second kappa shape index (κ2) is 18.4. The summed E-state index contributed by atoms with van der Waals surface area (Å²) in [6, 6.07) is 23.4. The van der Waals surface area contributed by atoms with Crippen LogP contribution in [0.4, 0.5) is 11.4 Å². The van der Waals surface area contributed by atoms with Crippen LogP contribution in [-0.4, -0.2) is 91.2 Å². The van der Waals surface area contributed by atoms with E-state index in [2.05, 4.69) is 24.4 Å². The summed E-state index contributed by atoms with van der Waals surface area (Å²) in [6.07, 6.45) is 3.03. The van der Waals surface area contributed by atoms with Gasteiger partial charge in [-0.3, -0.25) is 14.5 Å². The van der Waals surface area contributed by atoms with Crippen LogP contribution in [-0.2, 0) is 33.7 Å². The van der Waals surface area contributed by atoms with Crippen LogP contribution in [0.3, 0.4) is 0 Å². The zero-order valence-corrected chi connectivity index (χ0v) is 32.2. The standard InChI is InChI=1S/C41H57N3O7Si/c1-5-50-34-17-18-36-32(25-34)26-35(42-20-9-10-22-45)41(48)44(36)33-15-11-14-30(24-33)16-19-37-29(2)40(52(3,4)49)38(51-37)27-39(47)43(21-23-46)28-31-12-7-6-8-13-31/h6-8,11-15,17-18,24-25,29,35,37-38,40,42,45-46,49H,5,9-10,16,19-23,26-28H2,1-4H3/t29-,35?,37+,38-,40+/m1/s1. The first-order valence-corrected chi connectivity index (χ1v) is 21.9. The number of hydrogen-bond acceptors (Lipinski definition) is 8. The molecule has 1 fully saturated rings. The van der Waals surface area contributed by atoms with Gasteiger partial charge in [-0.25, -0.2) is 0 Å². The molecule has 10 nitrogen and oxygen atoms in total. The number of rotatable bonds is 18. The lowest BCUT2D eigenvalue weighted by atomic mass is 9.94. The SMILES string of the molecule is CCOc1ccc2c(c1)CC(NCCCCO)C(=O)N2c1cccc(CC[C@@H]2O[C@H](CC(=O)N(CCO)Cc3ccccc3)[C@@H]([Si](C)(C)O)[C@@H]2C)c1. The molecule has 1 saturated heterocycles. The van der Waals surface area contributed by atoms with Gasteiger partial charge in [0.15, 0.2) is 8.32 Å². The van der Waals surface area contributed by atoms with E-state index in [0.29, 0.717) is 45.4 Å². The molecule has 2 aliphatic heterocycles. The summed E-state index contributed by atoms with van der Waals surface area (Å²) >= 11 is 0. The largest absolute Gasteiger partial charge is 0.494 e. The number of unbranched alkanes of at least 4 members (excludes halogenated alkanes) is 1. The van der Waals surface area contributed by atoms with Crippen LogP contribution in [0, 0.1) is 5.92 Å². The second-order valence-corrected chi connectivity index (χ2v) is 18.7. The van der Waals surface area contributed by atoms with Crippen molar-refractivity contribution in [3.05, 3.63) is 89.5 Å². The van der Waals surface area contributed by atoms with Gasteiger partial charge >= 0.3 is 0 Å². The smallest absolute Gasteiger partial charge is 0.249 e. The average Bonchev–Trinajstić information content (AvgIpc) is 3.44. The molecule has 0 aliphatic carbocycles. The van der Waals surface area contributed by atoms with Gasteiger partial charge in [-0.15, -0.1) is 0 Å². The molecule has 0 radical (unpaired) electrons. The van der Waals surface area contributed by atoms with Crippen LogP contribution in [0.15, 0.2) is 72.8 Å². The predicted octanol–water partition coefficient (Wildman–Crippen LogP) is 5.35. The third-order valence-corrected chi connectivity index (χ3v) is 13.0. The van der Waals surface area contributed by atoms with Gasteiger partial charge in [0, 0.05) is 30.9 Å². The van der Waals surface area contributed by atoms with Crippen molar-refractivity contribution in [2.75, 3.05) is 37.8 Å². The number of amides is 2. The Labute approximate surface area is 309 Å². The summed E-state index contributed by atoms with van der Waals surface area (Å²) in [7, 11) is -2.71. The lowest BCUT2D eigenvalue weighted by Gasteiger charge is -2.35. The molecular weight excluding hydrogens is 675 g/mol. The van der Waals surface area contributed by atoms with Crippen molar-refractivity contribution in [3.8, 4) is 5.75 Å². The average molecular weight is 732 g/mol. The molecule has 4 N–H and O–H groups in total. The van der Waals surface area contributed by atoms with Gasteiger partial charge in [0.25, 0.3) is 0 Å². The zero-order chi connectivity index (χ0) is 37.3. The van der Waals surface area contributed by atoms with Gasteiger partial charge in [-0.2, -0.15) is 0 Å². The normalized spacial score (nSPS) is 21.6. The highest BCUT2D eigenvalue weighted by atomic mass is 28.4. The molecular formula is C41H57N3O7Si. The fourth-order valence-electron chi connectivity index (χ4n) is 8.01. The van der Waals surface area contributed by atoms with Crippen LogP contribution in [0.5, 0.6) is 5.75 Å². The van der Waals surface area contributed by atoms with E-state index in [4.69, 9.17) is 9.47 Å². The van der Waals surface area contributed by atoms with E-state index in [-0.39, 0.29) is 55.6 Å². The molecule has 0 bridgehead atoms. The summed E-state index contributed by atoms with van der Waals surface area (Å²) in [5.41, 5.74) is 4.62. The van der Waals surface area contributed by atoms with Crippen molar-refractivity contribution in [3.63, 3.8) is 0 Å². The van der Waals surface area contributed by atoms with Gasteiger partial charge in [-0.05, 0) is 112 Å². The Morgan fingerprint density at radius 1 is 1.00 bits per heavy atom. The van der Waals surface area contributed by atoms with Crippen molar-refractivity contribution in [1.82, 2.24) is 10.2 Å². The molecule has 0 spiro atoms. The van der Waals surface area contributed by atoms with E-state index < -0.39 is 20.5 Å². The van der Waals surface area contributed by atoms with Crippen LogP contribution in [0.2, 0.25) is 18.6 Å². The van der Waals surface area contributed by atoms with Gasteiger partial charge in [0.2, 0.25) is 11.8 Å². The highest BCUT2D eigenvalue weighted by Crippen LogP contribution is 2.46. The Bertz CT molecular complexity index is 1620. The van der Waals surface area contributed by atoms with Crippen molar-refractivity contribution in [1.29, 1.82) is 0 Å². The van der Waals surface area contributed by atoms with Crippen molar-refractivity contribution in [2.45, 2.75) is 95.8 Å². The first-order valence-electron chi connectivity index (χ1n) is 18.9. The van der Waals surface area contributed by atoms with Crippen LogP contribution in [0.1, 0.15) is 56.2 Å². The molecule has 2 amide bonds. The van der Waals surface area contributed by atoms with Gasteiger partial charge in [0.1, 0.15) is 5.75 Å². The van der Waals surface area contributed by atoms with Crippen molar-refractivity contribution < 1.29 is 34.1 Å². The van der Waals surface area contributed by atoms with Gasteiger partial charge in [-0.1, -0.05) is 49.4 Å². The van der Waals surface area contributed by atoms with Crippen LogP contribution < -0.4 is 15.0 Å². The van der Waals surface area contributed by atoms with Crippen LogP contribution in [0.25, 0.3) is 0 Å². The molecule has 5 rings (SSSR count). The number of nitrogens with one attached hydrogen (secondary N) is 1. The number of carbonyl (C=O) groups excluding carboxylic acids is 2. The molecule has 5 atom stereocenters. The summed E-state index contributed by atoms with van der Waals surface area (Å²) in [4.78, 5) is 42.6. The number of benzene rings is 3. The lowest BCUT2D eigenvalue weighted by Crippen LogP contribution is -2.49. The Morgan fingerprint density at radius 2 is 1.77 bits per heavy atom. The minimum absolute atomic E-state index is 0.0152. The molecule has 3 aromatic carbocycles. The number of nitrogens with zero attached hydrogens (tertiary/aromatic N) is 2. The minimum atomic E-state index is -2.71. The Morgan fingerprint density at radius 3 is 2.48 bits per heavy atom. The summed E-state index contributed by atoms with van der Waals surface area (Å²) in [5, 5.41) is 22.4. The van der Waals surface area contributed by atoms with E-state index >= 15 is 0 Å². The monoisotopic (exact) mass is 731 g/mol. The van der Waals surface area contributed by atoms with Crippen LogP contribution >= 0.6 is 0 Å². The number of ether oxygens (including phenoxy) is 2. The van der Waals surface area contributed by atoms with Crippen molar-refractivity contribution >= 4 is 31.5 Å². The Hall–Kier alpha value is -3.58. The third-order valence-electron chi connectivity index (χ3n) is 10.4. The fraction of sp³-hybridized carbons (Fsp3) is 0.512. The number of aliphatic hydroxyl groups is 2. The van der Waals surface area contributed by atoms with E-state index in [9.17, 15) is 24.6 Å². The zero-order valence-electron chi connectivity index (χ0n) is 31.2. The first kappa shape index (κ1) is 39.6. The highest BCUT2D eigenvalue weighted by molar-refractivity contribution is 6.71. The van der Waals surface area contributed by atoms with Crippen molar-refractivity contribution in [2.24, 2.45) is 5.92 Å². The Kier molecular flexibility index (Phi) is 14.1. The molecule has 2 aliphatic rings. The molecule has 52 heavy (non-hydrogen) atoms. The lowest BCUT2D eigenvalue weighted by molar-refractivity contribution is -0.135. The first-order chi connectivity index (χ1) is 25.0. The number of anilines is 2. The maximum absolute atomic E-state index is 14.0. The molecule has 2 heterocycles. The topological polar surface area (TPSA) is 132 Å². The summed E-state index contributed by atoms with van der Waals surface area (Å²) in [5.74, 6) is 0.728. The number of hydrogen-bond donors (Lipinski definition) is 4. The quantitative estimate of drug-likeness (QED) is 0.102. The van der Waals surface area contributed by atoms with E-state index in [1.165, 1.54) is 0 Å². The molecule has 282 valence electrons. The van der Waals surface area contributed by atoms with E-state index in [1.807, 2.05) is 85.6 Å². The number of aryl methyl sites for hydroxylation is 1. The molecule has 1 unspecified atom stereocenters.